The predicted octanol–water partition coefficient (Wildman–Crippen LogP) is 1.86. The van der Waals surface area contributed by atoms with Gasteiger partial charge in [-0.15, -0.1) is 0 Å². The number of rotatable bonds is 1. The molecule has 1 atom stereocenters. The molecular weight excluding hydrogens is 192 g/mol. The molecule has 3 heteroatoms. The van der Waals surface area contributed by atoms with Gasteiger partial charge in [-0.3, -0.25) is 4.79 Å². The van der Waals surface area contributed by atoms with Gasteiger partial charge >= 0.3 is 0 Å². The van der Waals surface area contributed by atoms with Gasteiger partial charge < -0.3 is 9.47 Å². The summed E-state index contributed by atoms with van der Waals surface area (Å²) in [6.45, 7) is 5.15. The number of ether oxygens (including phenoxy) is 2. The number of carbonyl (C=O) groups is 1. The van der Waals surface area contributed by atoms with Gasteiger partial charge in [0, 0.05) is 18.6 Å². The largest absolute Gasteiger partial charge is 0.374 e. The van der Waals surface area contributed by atoms with Crippen molar-refractivity contribution in [1.82, 2.24) is 0 Å². The molecule has 0 spiro atoms. The van der Waals surface area contributed by atoms with E-state index in [4.69, 9.17) is 9.47 Å². The molecule has 0 amide bonds. The highest BCUT2D eigenvalue weighted by atomic mass is 16.5. The Morgan fingerprint density at radius 2 is 2.27 bits per heavy atom. The summed E-state index contributed by atoms with van der Waals surface area (Å²) in [7, 11) is 0. The first-order valence-corrected chi connectivity index (χ1v) is 5.56. The van der Waals surface area contributed by atoms with Crippen LogP contribution in [-0.4, -0.2) is 30.7 Å². The van der Waals surface area contributed by atoms with Crippen LogP contribution in [0.4, 0.5) is 0 Å². The Hall–Kier alpha value is -0.670. The Morgan fingerprint density at radius 1 is 1.47 bits per heavy atom. The zero-order valence-electron chi connectivity index (χ0n) is 9.41. The molecule has 0 aromatic rings. The van der Waals surface area contributed by atoms with Gasteiger partial charge in [0.1, 0.15) is 0 Å². The minimum Gasteiger partial charge on any atom is -0.374 e. The van der Waals surface area contributed by atoms with Crippen molar-refractivity contribution in [2.45, 2.75) is 44.8 Å². The molecule has 15 heavy (non-hydrogen) atoms. The molecule has 3 nitrogen and oxygen atoms in total. The van der Waals surface area contributed by atoms with Crippen molar-refractivity contribution in [3.8, 4) is 0 Å². The topological polar surface area (TPSA) is 35.5 Å². The molecule has 0 saturated carbocycles. The second kappa shape index (κ2) is 4.06. The maximum absolute atomic E-state index is 11.8. The number of carbonyl (C=O) groups excluding carboxylic acids is 1. The number of Topliss-reactive ketones (excluding diaryl/α,β-unsaturated/α-hetero) is 1. The lowest BCUT2D eigenvalue weighted by molar-refractivity contribution is -0.128. The molecule has 1 unspecified atom stereocenters. The van der Waals surface area contributed by atoms with E-state index in [2.05, 4.69) is 0 Å². The van der Waals surface area contributed by atoms with Crippen LogP contribution < -0.4 is 0 Å². The van der Waals surface area contributed by atoms with E-state index in [1.54, 1.807) is 0 Å². The van der Waals surface area contributed by atoms with Crippen LogP contribution in [0.3, 0.4) is 0 Å². The van der Waals surface area contributed by atoms with Crippen LogP contribution in [0.5, 0.6) is 0 Å². The predicted molar refractivity (Wildman–Crippen MR) is 56.7 cm³/mol. The van der Waals surface area contributed by atoms with Crippen LogP contribution in [0.1, 0.15) is 33.1 Å². The molecule has 2 rings (SSSR count). The van der Waals surface area contributed by atoms with E-state index >= 15 is 0 Å². The minimum atomic E-state index is -0.301. The first-order chi connectivity index (χ1) is 7.07. The summed E-state index contributed by atoms with van der Waals surface area (Å²) in [5, 5.41) is 0. The summed E-state index contributed by atoms with van der Waals surface area (Å²) < 4.78 is 11.1. The van der Waals surface area contributed by atoms with Gasteiger partial charge in [-0.2, -0.15) is 0 Å². The summed E-state index contributed by atoms with van der Waals surface area (Å²) in [4.78, 5) is 11.8. The molecule has 2 aliphatic rings. The SMILES string of the molecule is CC1(C)CC(=O)/C(=C/C2CCCO2)CO1. The third kappa shape index (κ3) is 2.67. The van der Waals surface area contributed by atoms with E-state index in [0.717, 1.165) is 25.0 Å². The number of hydrogen-bond acceptors (Lipinski definition) is 3. The highest BCUT2D eigenvalue weighted by Gasteiger charge is 2.31. The van der Waals surface area contributed by atoms with Crippen molar-refractivity contribution < 1.29 is 14.3 Å². The Balaban J connectivity index is 2.01. The fourth-order valence-electron chi connectivity index (χ4n) is 2.00. The van der Waals surface area contributed by atoms with Crippen LogP contribution in [0.15, 0.2) is 11.6 Å². The van der Waals surface area contributed by atoms with E-state index in [0.29, 0.717) is 13.0 Å². The van der Waals surface area contributed by atoms with E-state index in [9.17, 15) is 4.79 Å². The normalized spacial score (nSPS) is 33.6. The average molecular weight is 210 g/mol. The molecule has 0 aliphatic carbocycles. The highest BCUT2D eigenvalue weighted by Crippen LogP contribution is 2.25. The van der Waals surface area contributed by atoms with Gasteiger partial charge in [0.15, 0.2) is 5.78 Å². The van der Waals surface area contributed by atoms with Gasteiger partial charge in [-0.25, -0.2) is 0 Å². The molecule has 0 radical (unpaired) electrons. The lowest BCUT2D eigenvalue weighted by Crippen LogP contribution is -2.36. The molecule has 2 saturated heterocycles. The zero-order valence-corrected chi connectivity index (χ0v) is 9.41. The first-order valence-electron chi connectivity index (χ1n) is 5.56. The van der Waals surface area contributed by atoms with Crippen LogP contribution in [0.25, 0.3) is 0 Å². The molecule has 2 fully saturated rings. The van der Waals surface area contributed by atoms with Crippen molar-refractivity contribution in [3.63, 3.8) is 0 Å². The molecule has 0 aromatic carbocycles. The van der Waals surface area contributed by atoms with Crippen LogP contribution in [-0.2, 0) is 14.3 Å². The van der Waals surface area contributed by atoms with Crippen LogP contribution in [0.2, 0.25) is 0 Å². The van der Waals surface area contributed by atoms with Crippen LogP contribution >= 0.6 is 0 Å². The van der Waals surface area contributed by atoms with E-state index in [-0.39, 0.29) is 17.5 Å². The number of hydrogen-bond donors (Lipinski definition) is 0. The summed E-state index contributed by atoms with van der Waals surface area (Å²) in [6, 6.07) is 0. The average Bonchev–Trinajstić information content (AvgIpc) is 2.61. The third-order valence-corrected chi connectivity index (χ3v) is 2.91. The summed E-state index contributed by atoms with van der Waals surface area (Å²) in [6.07, 6.45) is 4.68. The Labute approximate surface area is 90.4 Å². The molecule has 84 valence electrons. The Bertz CT molecular complexity index is 285. The summed E-state index contributed by atoms with van der Waals surface area (Å²) in [5.41, 5.74) is 0.492. The van der Waals surface area contributed by atoms with E-state index in [1.807, 2.05) is 19.9 Å². The third-order valence-electron chi connectivity index (χ3n) is 2.91. The molecule has 2 heterocycles. The monoisotopic (exact) mass is 210 g/mol. The summed E-state index contributed by atoms with van der Waals surface area (Å²) in [5.74, 6) is 0.210. The molecule has 0 N–H and O–H groups in total. The second-order valence-corrected chi connectivity index (χ2v) is 4.89. The van der Waals surface area contributed by atoms with Gasteiger partial charge in [0.05, 0.1) is 18.3 Å². The minimum absolute atomic E-state index is 0.133. The van der Waals surface area contributed by atoms with E-state index < -0.39 is 0 Å². The molecule has 2 aliphatic heterocycles. The molecular formula is C12H18O3. The second-order valence-electron chi connectivity index (χ2n) is 4.89. The summed E-state index contributed by atoms with van der Waals surface area (Å²) >= 11 is 0. The zero-order chi connectivity index (χ0) is 10.9. The Morgan fingerprint density at radius 3 is 2.87 bits per heavy atom. The Kier molecular flexibility index (Phi) is 2.94. The van der Waals surface area contributed by atoms with Gasteiger partial charge in [-0.1, -0.05) is 0 Å². The maximum atomic E-state index is 11.8. The number of ketones is 1. The fourth-order valence-corrected chi connectivity index (χ4v) is 2.00. The smallest absolute Gasteiger partial charge is 0.163 e. The lowest BCUT2D eigenvalue weighted by Gasteiger charge is -2.30. The molecule has 0 bridgehead atoms. The van der Waals surface area contributed by atoms with Gasteiger partial charge in [0.25, 0.3) is 0 Å². The standard InChI is InChI=1S/C12H18O3/c1-12(2)7-11(13)9(8-15-12)6-10-4-3-5-14-10/h6,10H,3-5,7-8H2,1-2H3/b9-6+. The quantitative estimate of drug-likeness (QED) is 0.620. The van der Waals surface area contributed by atoms with Gasteiger partial charge in [0.2, 0.25) is 0 Å². The van der Waals surface area contributed by atoms with Crippen LogP contribution in [0, 0.1) is 0 Å². The maximum Gasteiger partial charge on any atom is 0.163 e. The molecule has 0 aromatic heterocycles. The van der Waals surface area contributed by atoms with Crippen molar-refractivity contribution in [3.05, 3.63) is 11.6 Å². The van der Waals surface area contributed by atoms with Crippen molar-refractivity contribution >= 4 is 5.78 Å². The fraction of sp³-hybridized carbons (Fsp3) is 0.750. The van der Waals surface area contributed by atoms with E-state index in [1.165, 1.54) is 0 Å². The van der Waals surface area contributed by atoms with Crippen molar-refractivity contribution in [1.29, 1.82) is 0 Å². The first kappa shape index (κ1) is 10.8. The van der Waals surface area contributed by atoms with Crippen molar-refractivity contribution in [2.75, 3.05) is 13.2 Å². The highest BCUT2D eigenvalue weighted by molar-refractivity contribution is 5.96. The lowest BCUT2D eigenvalue weighted by atomic mass is 9.93. The van der Waals surface area contributed by atoms with Gasteiger partial charge in [-0.05, 0) is 32.8 Å². The van der Waals surface area contributed by atoms with Crippen molar-refractivity contribution in [2.24, 2.45) is 0 Å².